The summed E-state index contributed by atoms with van der Waals surface area (Å²) in [6.07, 6.45) is 0.657. The largest absolute Gasteiger partial charge is 0.378 e. The SMILES string of the molecule is CCOP(=O)(OCC)c1c2cc(Cl)ccc2c(Cc2ccccc2)n1-c1cc(C)cc(C)c1. The maximum Gasteiger partial charge on any atom is 0.378 e. The summed E-state index contributed by atoms with van der Waals surface area (Å²) in [4.78, 5) is 0. The fraction of sp³-hybridized carbons (Fsp3) is 0.259. The number of nitrogens with zero attached hydrogens (tertiary/aromatic N) is 1. The van der Waals surface area contributed by atoms with E-state index in [1.54, 1.807) is 0 Å². The number of aromatic nitrogens is 1. The van der Waals surface area contributed by atoms with Crippen LogP contribution in [0.15, 0.2) is 66.7 Å². The van der Waals surface area contributed by atoms with Crippen molar-refractivity contribution in [2.45, 2.75) is 34.1 Å². The van der Waals surface area contributed by atoms with E-state index >= 15 is 0 Å². The Kier molecular flexibility index (Phi) is 7.11. The van der Waals surface area contributed by atoms with Crippen molar-refractivity contribution in [3.8, 4) is 5.69 Å². The lowest BCUT2D eigenvalue weighted by atomic mass is 10.1. The highest BCUT2D eigenvalue weighted by Crippen LogP contribution is 2.50. The Labute approximate surface area is 200 Å². The van der Waals surface area contributed by atoms with E-state index in [1.807, 2.05) is 50.2 Å². The second-order valence-corrected chi connectivity index (χ2v) is 10.5. The molecule has 0 aliphatic rings. The van der Waals surface area contributed by atoms with Crippen LogP contribution in [0.5, 0.6) is 0 Å². The topological polar surface area (TPSA) is 40.5 Å². The molecule has 0 unspecified atom stereocenters. The number of benzene rings is 3. The van der Waals surface area contributed by atoms with Gasteiger partial charge in [-0.25, -0.2) is 0 Å². The third-order valence-corrected chi connectivity index (χ3v) is 7.94. The molecule has 0 aliphatic carbocycles. The van der Waals surface area contributed by atoms with E-state index in [-0.39, 0.29) is 13.2 Å². The van der Waals surface area contributed by atoms with Crippen LogP contribution >= 0.6 is 19.2 Å². The first-order chi connectivity index (χ1) is 15.9. The minimum Gasteiger partial charge on any atom is -0.306 e. The molecule has 0 amide bonds. The monoisotopic (exact) mass is 481 g/mol. The Bertz CT molecular complexity index is 1300. The van der Waals surface area contributed by atoms with E-state index < -0.39 is 7.60 Å². The van der Waals surface area contributed by atoms with Gasteiger partial charge in [-0.15, -0.1) is 0 Å². The van der Waals surface area contributed by atoms with Gasteiger partial charge in [0.25, 0.3) is 0 Å². The summed E-state index contributed by atoms with van der Waals surface area (Å²) < 4.78 is 28.1. The van der Waals surface area contributed by atoms with Gasteiger partial charge in [0.15, 0.2) is 0 Å². The van der Waals surface area contributed by atoms with Crippen LogP contribution in [0.1, 0.15) is 36.2 Å². The summed E-state index contributed by atoms with van der Waals surface area (Å²) in [5, 5.41) is 2.35. The third kappa shape index (κ3) is 4.81. The summed E-state index contributed by atoms with van der Waals surface area (Å²) in [7, 11) is -3.65. The molecule has 4 aromatic rings. The predicted molar refractivity (Wildman–Crippen MR) is 137 cm³/mol. The molecule has 0 spiro atoms. The lowest BCUT2D eigenvalue weighted by Crippen LogP contribution is -2.21. The molecule has 172 valence electrons. The number of fused-ring (bicyclic) bond motifs is 1. The standard InChI is InChI=1S/C27H29ClNO3P/c1-5-31-33(30,32-6-2)27-25-18-22(28)12-13-24(25)26(17-21-10-8-7-9-11-21)29(27)23-15-19(3)14-20(4)16-23/h7-16,18H,5-6,17H2,1-4H3. The molecule has 33 heavy (non-hydrogen) atoms. The molecular formula is C27H29ClNO3P. The van der Waals surface area contributed by atoms with Crippen LogP contribution in [0, 0.1) is 13.8 Å². The van der Waals surface area contributed by atoms with Gasteiger partial charge in [0, 0.05) is 33.6 Å². The second-order valence-electron chi connectivity index (χ2n) is 8.14. The summed E-state index contributed by atoms with van der Waals surface area (Å²) in [6, 6.07) is 22.4. The van der Waals surface area contributed by atoms with Crippen molar-refractivity contribution in [1.82, 2.24) is 4.57 Å². The number of hydrogen-bond donors (Lipinski definition) is 0. The van der Waals surface area contributed by atoms with E-state index in [9.17, 15) is 4.57 Å². The van der Waals surface area contributed by atoms with Crippen molar-refractivity contribution >= 4 is 35.4 Å². The highest BCUT2D eigenvalue weighted by atomic mass is 35.5. The van der Waals surface area contributed by atoms with Crippen LogP contribution in [-0.4, -0.2) is 17.8 Å². The molecule has 0 fully saturated rings. The van der Waals surface area contributed by atoms with Crippen LogP contribution in [-0.2, 0) is 20.0 Å². The third-order valence-electron chi connectivity index (χ3n) is 5.55. The zero-order valence-electron chi connectivity index (χ0n) is 19.5. The molecule has 6 heteroatoms. The first-order valence-corrected chi connectivity index (χ1v) is 13.1. The molecule has 0 atom stereocenters. The highest BCUT2D eigenvalue weighted by Gasteiger charge is 2.36. The number of halogens is 1. The number of hydrogen-bond acceptors (Lipinski definition) is 3. The first kappa shape index (κ1) is 23.8. The molecule has 0 saturated heterocycles. The average Bonchev–Trinajstić information content (AvgIpc) is 3.08. The summed E-state index contributed by atoms with van der Waals surface area (Å²) in [5.74, 6) is 0. The van der Waals surface area contributed by atoms with Crippen molar-refractivity contribution in [3.63, 3.8) is 0 Å². The van der Waals surface area contributed by atoms with E-state index in [0.29, 0.717) is 16.9 Å². The van der Waals surface area contributed by atoms with Crippen molar-refractivity contribution in [3.05, 3.63) is 94.1 Å². The van der Waals surface area contributed by atoms with Gasteiger partial charge >= 0.3 is 7.60 Å². The van der Waals surface area contributed by atoms with Gasteiger partial charge in [0.1, 0.15) is 5.44 Å². The maximum atomic E-state index is 14.3. The minimum atomic E-state index is -3.65. The molecule has 0 radical (unpaired) electrons. The fourth-order valence-electron chi connectivity index (χ4n) is 4.41. The van der Waals surface area contributed by atoms with Crippen molar-refractivity contribution in [2.75, 3.05) is 13.2 Å². The average molecular weight is 482 g/mol. The smallest absolute Gasteiger partial charge is 0.306 e. The Morgan fingerprint density at radius 1 is 0.848 bits per heavy atom. The minimum absolute atomic E-state index is 0.269. The molecule has 1 heterocycles. The Balaban J connectivity index is 2.14. The van der Waals surface area contributed by atoms with Crippen molar-refractivity contribution in [1.29, 1.82) is 0 Å². The van der Waals surface area contributed by atoms with Crippen molar-refractivity contribution in [2.24, 2.45) is 0 Å². The van der Waals surface area contributed by atoms with E-state index in [4.69, 9.17) is 20.6 Å². The van der Waals surface area contributed by atoms with E-state index in [0.717, 1.165) is 38.8 Å². The van der Waals surface area contributed by atoms with E-state index in [1.165, 1.54) is 0 Å². The summed E-state index contributed by atoms with van der Waals surface area (Å²) in [5.41, 5.74) is 5.89. The first-order valence-electron chi connectivity index (χ1n) is 11.2. The van der Waals surface area contributed by atoms with Crippen LogP contribution in [0.2, 0.25) is 5.02 Å². The second kappa shape index (κ2) is 9.87. The van der Waals surface area contributed by atoms with Gasteiger partial charge < -0.3 is 13.6 Å². The molecular weight excluding hydrogens is 453 g/mol. The summed E-state index contributed by atoms with van der Waals surface area (Å²) >= 11 is 6.43. The summed E-state index contributed by atoms with van der Waals surface area (Å²) in [6.45, 7) is 8.33. The van der Waals surface area contributed by atoms with Gasteiger partial charge in [0.2, 0.25) is 0 Å². The van der Waals surface area contributed by atoms with Gasteiger partial charge in [-0.1, -0.05) is 54.1 Å². The molecule has 1 aromatic heterocycles. The molecule has 0 aliphatic heterocycles. The van der Waals surface area contributed by atoms with Crippen molar-refractivity contribution < 1.29 is 13.6 Å². The number of rotatable bonds is 8. The Morgan fingerprint density at radius 3 is 2.09 bits per heavy atom. The Hall–Kier alpha value is -2.36. The zero-order valence-corrected chi connectivity index (χ0v) is 21.1. The lowest BCUT2D eigenvalue weighted by Gasteiger charge is -2.22. The van der Waals surface area contributed by atoms with Gasteiger partial charge in [-0.3, -0.25) is 4.57 Å². The fourth-order valence-corrected chi connectivity index (χ4v) is 6.54. The Morgan fingerprint density at radius 2 is 1.48 bits per heavy atom. The van der Waals surface area contributed by atoms with Gasteiger partial charge in [0.05, 0.1) is 13.2 Å². The molecule has 3 aromatic carbocycles. The van der Waals surface area contributed by atoms with Crippen LogP contribution in [0.25, 0.3) is 16.5 Å². The van der Waals surface area contributed by atoms with Crippen LogP contribution in [0.4, 0.5) is 0 Å². The quantitative estimate of drug-likeness (QED) is 0.246. The highest BCUT2D eigenvalue weighted by molar-refractivity contribution is 7.62. The van der Waals surface area contributed by atoms with Crippen LogP contribution in [0.3, 0.4) is 0 Å². The lowest BCUT2D eigenvalue weighted by molar-refractivity contribution is 0.229. The normalized spacial score (nSPS) is 11.9. The number of aryl methyl sites for hydroxylation is 2. The molecule has 4 rings (SSSR count). The zero-order chi connectivity index (χ0) is 23.6. The molecule has 0 bridgehead atoms. The van der Waals surface area contributed by atoms with E-state index in [2.05, 4.69) is 48.7 Å². The molecule has 0 N–H and O–H groups in total. The van der Waals surface area contributed by atoms with Crippen LogP contribution < -0.4 is 5.44 Å². The molecule has 4 nitrogen and oxygen atoms in total. The maximum absolute atomic E-state index is 14.3. The van der Waals surface area contributed by atoms with Gasteiger partial charge in [-0.2, -0.15) is 0 Å². The van der Waals surface area contributed by atoms with Gasteiger partial charge in [-0.05, 0) is 68.7 Å². The molecule has 0 saturated carbocycles. The predicted octanol–water partition coefficient (Wildman–Crippen LogP) is 7.38.